The van der Waals surface area contributed by atoms with Crippen molar-refractivity contribution in [3.63, 3.8) is 0 Å². The average molecular weight is 546 g/mol. The van der Waals surface area contributed by atoms with Crippen molar-refractivity contribution in [3.05, 3.63) is 64.9 Å². The van der Waals surface area contributed by atoms with Gasteiger partial charge in [-0.3, -0.25) is 9.89 Å². The van der Waals surface area contributed by atoms with Crippen molar-refractivity contribution < 1.29 is 22.0 Å². The fourth-order valence-electron chi connectivity index (χ4n) is 4.78. The van der Waals surface area contributed by atoms with Gasteiger partial charge >= 0.3 is 0 Å². The molecule has 0 atom stereocenters. The van der Waals surface area contributed by atoms with E-state index >= 15 is 0 Å². The van der Waals surface area contributed by atoms with Crippen LogP contribution in [0.1, 0.15) is 21.6 Å². The number of carbonyl (C=O) groups excluding carboxylic acids is 1. The smallest absolute Gasteiger partial charge is 0.258 e. The van der Waals surface area contributed by atoms with Crippen LogP contribution in [-0.4, -0.2) is 80.5 Å². The average Bonchev–Trinajstić information content (AvgIpc) is 3.30. The van der Waals surface area contributed by atoms with Gasteiger partial charge in [-0.15, -0.1) is 0 Å². The van der Waals surface area contributed by atoms with Gasteiger partial charge < -0.3 is 20.4 Å². The lowest BCUT2D eigenvalue weighted by Gasteiger charge is -2.34. The summed E-state index contributed by atoms with van der Waals surface area (Å²) in [5, 5.41) is 12.9. The van der Waals surface area contributed by atoms with Crippen LogP contribution < -0.4 is 15.5 Å². The van der Waals surface area contributed by atoms with E-state index in [1.54, 1.807) is 13.1 Å². The topological polar surface area (TPSA) is 114 Å². The zero-order chi connectivity index (χ0) is 27.0. The number of fused-ring (bicyclic) bond motifs is 1. The molecule has 2 aliphatic rings. The number of benzene rings is 2. The van der Waals surface area contributed by atoms with Gasteiger partial charge in [-0.25, -0.2) is 17.2 Å². The highest BCUT2D eigenvalue weighted by Gasteiger charge is 2.32. The van der Waals surface area contributed by atoms with E-state index in [1.165, 1.54) is 0 Å². The van der Waals surface area contributed by atoms with Crippen LogP contribution in [0.4, 0.5) is 26.0 Å². The maximum Gasteiger partial charge on any atom is 0.258 e. The van der Waals surface area contributed by atoms with Crippen molar-refractivity contribution in [2.75, 3.05) is 62.4 Å². The molecule has 3 heterocycles. The highest BCUT2D eigenvalue weighted by molar-refractivity contribution is 7.89. The van der Waals surface area contributed by atoms with Gasteiger partial charge in [0.2, 0.25) is 10.0 Å². The molecule has 1 saturated heterocycles. The minimum absolute atomic E-state index is 0.0979. The van der Waals surface area contributed by atoms with Crippen LogP contribution in [0.5, 0.6) is 0 Å². The first-order valence-corrected chi connectivity index (χ1v) is 13.7. The summed E-state index contributed by atoms with van der Waals surface area (Å²) in [5.41, 5.74) is 3.28. The second kappa shape index (κ2) is 10.3. The normalized spacial score (nSPS) is 16.8. The fraction of sp³-hybridized carbons (Fsp3) is 0.360. The number of aromatic nitrogens is 2. The van der Waals surface area contributed by atoms with Gasteiger partial charge in [-0.2, -0.15) is 9.40 Å². The van der Waals surface area contributed by atoms with E-state index in [-0.39, 0.29) is 18.9 Å². The first kappa shape index (κ1) is 26.1. The van der Waals surface area contributed by atoms with Crippen molar-refractivity contribution in [3.8, 4) is 0 Å². The number of hydrogen-bond donors (Lipinski definition) is 3. The summed E-state index contributed by atoms with van der Waals surface area (Å²) in [6, 6.07) is 7.80. The fourth-order valence-corrected chi connectivity index (χ4v) is 6.23. The van der Waals surface area contributed by atoms with E-state index in [0.29, 0.717) is 35.0 Å². The molecule has 1 aromatic heterocycles. The molecule has 2 aromatic carbocycles. The van der Waals surface area contributed by atoms with Crippen LogP contribution in [0.15, 0.2) is 41.3 Å². The second-order valence-electron chi connectivity index (χ2n) is 9.45. The molecule has 13 heteroatoms. The molecule has 0 spiro atoms. The Kier molecular flexibility index (Phi) is 7.07. The number of hydrogen-bond acceptors (Lipinski definition) is 7. The summed E-state index contributed by atoms with van der Waals surface area (Å²) in [4.78, 5) is 17.3. The molecule has 3 N–H and O–H groups in total. The molecule has 0 unspecified atom stereocenters. The monoisotopic (exact) mass is 545 g/mol. The van der Waals surface area contributed by atoms with Crippen molar-refractivity contribution in [1.82, 2.24) is 19.4 Å². The number of aromatic amines is 1. The Bertz CT molecular complexity index is 1450. The molecule has 0 radical (unpaired) electrons. The first-order chi connectivity index (χ1) is 18.2. The number of nitrogens with zero attached hydrogens (tertiary/aromatic N) is 4. The first-order valence-electron chi connectivity index (χ1n) is 12.2. The molecule has 2 aliphatic heterocycles. The van der Waals surface area contributed by atoms with Gasteiger partial charge in [0, 0.05) is 81.4 Å². The van der Waals surface area contributed by atoms with Crippen LogP contribution in [0, 0.1) is 11.6 Å². The lowest BCUT2D eigenvalue weighted by atomic mass is 10.1. The van der Waals surface area contributed by atoms with E-state index in [1.807, 2.05) is 12.1 Å². The van der Waals surface area contributed by atoms with Crippen LogP contribution >= 0.6 is 0 Å². The highest BCUT2D eigenvalue weighted by atomic mass is 32.2. The van der Waals surface area contributed by atoms with Crippen LogP contribution in [0.3, 0.4) is 0 Å². The number of H-pyrrole nitrogens is 1. The highest BCUT2D eigenvalue weighted by Crippen LogP contribution is 2.30. The van der Waals surface area contributed by atoms with E-state index in [0.717, 1.165) is 48.3 Å². The van der Waals surface area contributed by atoms with Gasteiger partial charge in [0.25, 0.3) is 5.91 Å². The minimum Gasteiger partial charge on any atom is -0.387 e. The molecule has 1 amide bonds. The van der Waals surface area contributed by atoms with Crippen molar-refractivity contribution in [2.24, 2.45) is 0 Å². The van der Waals surface area contributed by atoms with Gasteiger partial charge in [0.15, 0.2) is 5.82 Å². The molecule has 0 bridgehead atoms. The molecule has 202 valence electrons. The molecule has 5 rings (SSSR count). The summed E-state index contributed by atoms with van der Waals surface area (Å²) < 4.78 is 54.7. The summed E-state index contributed by atoms with van der Waals surface area (Å²) >= 11 is 0. The number of likely N-dealkylation sites (N-methyl/N-ethyl adjacent to an activating group) is 1. The molecule has 1 fully saturated rings. The number of piperazine rings is 1. The zero-order valence-corrected chi connectivity index (χ0v) is 21.9. The Labute approximate surface area is 219 Å². The Morgan fingerprint density at radius 1 is 1.03 bits per heavy atom. The Hall–Kier alpha value is -3.55. The predicted molar refractivity (Wildman–Crippen MR) is 140 cm³/mol. The third-order valence-electron chi connectivity index (χ3n) is 6.99. The van der Waals surface area contributed by atoms with Crippen molar-refractivity contribution >= 4 is 33.1 Å². The molecular weight excluding hydrogens is 516 g/mol. The molecular formula is C25H29F2N7O3S. The summed E-state index contributed by atoms with van der Waals surface area (Å²) in [6.45, 7) is 3.70. The summed E-state index contributed by atoms with van der Waals surface area (Å²) in [6.07, 6.45) is 0.302. The Morgan fingerprint density at radius 3 is 2.42 bits per heavy atom. The summed E-state index contributed by atoms with van der Waals surface area (Å²) in [5.74, 6) is -2.14. The molecule has 0 aliphatic carbocycles. The standard InChI is InChI=1S/C25H29F2N7O3S/c1-28-23-14-18(33-9-7-32(2)8-10-33)3-4-20(23)25(35)29-24-21-15-34(6-5-22(21)30-31-24)38(36,37)19-12-16(26)11-17(27)13-19/h3-4,11-14,28H,5-10,15H2,1-2H3,(H2,29,30,31,35). The van der Waals surface area contributed by atoms with Crippen LogP contribution in [0.25, 0.3) is 0 Å². The van der Waals surface area contributed by atoms with E-state index in [9.17, 15) is 22.0 Å². The van der Waals surface area contributed by atoms with Crippen LogP contribution in [-0.2, 0) is 23.0 Å². The lowest BCUT2D eigenvalue weighted by molar-refractivity contribution is 0.102. The molecule has 10 nitrogen and oxygen atoms in total. The second-order valence-corrected chi connectivity index (χ2v) is 11.4. The van der Waals surface area contributed by atoms with E-state index < -0.39 is 32.5 Å². The zero-order valence-electron chi connectivity index (χ0n) is 21.1. The number of sulfonamides is 1. The van der Waals surface area contributed by atoms with Crippen molar-refractivity contribution in [2.45, 2.75) is 17.9 Å². The number of carbonyl (C=O) groups is 1. The number of nitrogens with one attached hydrogen (secondary N) is 3. The quantitative estimate of drug-likeness (QED) is 0.436. The van der Waals surface area contributed by atoms with Gasteiger partial charge in [-0.05, 0) is 37.4 Å². The Balaban J connectivity index is 1.35. The molecule has 38 heavy (non-hydrogen) atoms. The van der Waals surface area contributed by atoms with E-state index in [2.05, 4.69) is 37.7 Å². The van der Waals surface area contributed by atoms with Gasteiger partial charge in [0.1, 0.15) is 11.6 Å². The third kappa shape index (κ3) is 5.08. The largest absolute Gasteiger partial charge is 0.387 e. The number of anilines is 3. The number of amides is 1. The van der Waals surface area contributed by atoms with Crippen LogP contribution in [0.2, 0.25) is 0 Å². The van der Waals surface area contributed by atoms with Gasteiger partial charge in [-0.1, -0.05) is 0 Å². The number of halogens is 2. The number of rotatable bonds is 6. The van der Waals surface area contributed by atoms with Gasteiger partial charge in [0.05, 0.1) is 10.5 Å². The SMILES string of the molecule is CNc1cc(N2CCN(C)CC2)ccc1C(=O)Nc1n[nH]c2c1CN(S(=O)(=O)c1cc(F)cc(F)c1)CC2. The molecule has 0 saturated carbocycles. The maximum absolute atomic E-state index is 13.7. The molecule has 3 aromatic rings. The Morgan fingerprint density at radius 2 is 1.74 bits per heavy atom. The summed E-state index contributed by atoms with van der Waals surface area (Å²) in [7, 11) is -0.338. The third-order valence-corrected chi connectivity index (χ3v) is 8.81. The minimum atomic E-state index is -4.17. The van der Waals surface area contributed by atoms with Crippen molar-refractivity contribution in [1.29, 1.82) is 0 Å². The maximum atomic E-state index is 13.7. The predicted octanol–water partition coefficient (Wildman–Crippen LogP) is 2.48. The lowest BCUT2D eigenvalue weighted by Crippen LogP contribution is -2.44. The van der Waals surface area contributed by atoms with E-state index in [4.69, 9.17) is 0 Å².